The van der Waals surface area contributed by atoms with Gasteiger partial charge in [0, 0.05) is 25.7 Å². The Morgan fingerprint density at radius 3 is 2.76 bits per heavy atom. The summed E-state index contributed by atoms with van der Waals surface area (Å²) in [5.74, 6) is 0. The van der Waals surface area contributed by atoms with Gasteiger partial charge in [0.25, 0.3) is 0 Å². The van der Waals surface area contributed by atoms with E-state index in [1.165, 1.54) is 6.42 Å². The van der Waals surface area contributed by atoms with Crippen molar-refractivity contribution in [2.45, 2.75) is 45.3 Å². The molecule has 5 heteroatoms. The molecule has 1 N–H and O–H groups in total. The van der Waals surface area contributed by atoms with Gasteiger partial charge in [-0.2, -0.15) is 0 Å². The zero-order valence-electron chi connectivity index (χ0n) is 11.3. The molecule has 1 saturated heterocycles. The van der Waals surface area contributed by atoms with Gasteiger partial charge in [-0.3, -0.25) is 4.90 Å². The normalized spacial score (nSPS) is 22.2. The lowest BCUT2D eigenvalue weighted by Crippen LogP contribution is -2.29. The molecule has 2 heterocycles. The molecule has 0 amide bonds. The van der Waals surface area contributed by atoms with E-state index >= 15 is 0 Å². The number of rotatable bonds is 3. The maximum atomic E-state index is 4.25. The van der Waals surface area contributed by atoms with Crippen LogP contribution in [0.2, 0.25) is 0 Å². The second kappa shape index (κ2) is 4.74. The smallest absolute Gasteiger partial charge is 0.0967 e. The summed E-state index contributed by atoms with van der Waals surface area (Å²) in [6, 6.07) is 0.632. The third kappa shape index (κ3) is 3.04. The molecule has 17 heavy (non-hydrogen) atoms. The Kier molecular flexibility index (Phi) is 3.49. The first-order valence-electron chi connectivity index (χ1n) is 6.30. The Morgan fingerprint density at radius 2 is 2.24 bits per heavy atom. The lowest BCUT2D eigenvalue weighted by Gasteiger charge is -2.17. The molecule has 96 valence electrons. The Morgan fingerprint density at radius 1 is 1.47 bits per heavy atom. The standard InChI is InChI=1S/C12H23N5/c1-12(2,3)17-9-11(14-15-17)8-16-6-5-10(7-16)13-4/h9-10,13H,5-8H2,1-4H3. The summed E-state index contributed by atoms with van der Waals surface area (Å²) in [6.07, 6.45) is 3.29. The van der Waals surface area contributed by atoms with Gasteiger partial charge >= 0.3 is 0 Å². The molecule has 0 bridgehead atoms. The van der Waals surface area contributed by atoms with Crippen LogP contribution >= 0.6 is 0 Å². The number of likely N-dealkylation sites (N-methyl/N-ethyl adjacent to an activating group) is 1. The van der Waals surface area contributed by atoms with E-state index < -0.39 is 0 Å². The number of hydrogen-bond donors (Lipinski definition) is 1. The summed E-state index contributed by atoms with van der Waals surface area (Å²) in [7, 11) is 2.03. The molecule has 1 aliphatic heterocycles. The van der Waals surface area contributed by atoms with Crippen molar-refractivity contribution in [3.05, 3.63) is 11.9 Å². The Bertz CT molecular complexity index is 365. The van der Waals surface area contributed by atoms with Gasteiger partial charge in [-0.05, 0) is 34.2 Å². The molecule has 0 aliphatic carbocycles. The largest absolute Gasteiger partial charge is 0.316 e. The number of hydrogen-bond acceptors (Lipinski definition) is 4. The van der Waals surface area contributed by atoms with Gasteiger partial charge in [0.2, 0.25) is 0 Å². The first kappa shape index (κ1) is 12.5. The number of aromatic nitrogens is 3. The minimum Gasteiger partial charge on any atom is -0.316 e. The van der Waals surface area contributed by atoms with Gasteiger partial charge < -0.3 is 5.32 Å². The molecule has 5 nitrogen and oxygen atoms in total. The van der Waals surface area contributed by atoms with Gasteiger partial charge in [0.15, 0.2) is 0 Å². The molecular formula is C12H23N5. The Labute approximate surface area is 103 Å². The van der Waals surface area contributed by atoms with Crippen LogP contribution in [-0.2, 0) is 12.1 Å². The monoisotopic (exact) mass is 237 g/mol. The highest BCUT2D eigenvalue weighted by molar-refractivity contribution is 4.96. The minimum absolute atomic E-state index is 0.0176. The fraction of sp³-hybridized carbons (Fsp3) is 0.833. The number of nitrogens with one attached hydrogen (secondary N) is 1. The zero-order chi connectivity index (χ0) is 12.5. The average molecular weight is 237 g/mol. The SMILES string of the molecule is CNC1CCN(Cc2cn(C(C)(C)C)nn2)C1. The van der Waals surface area contributed by atoms with Crippen molar-refractivity contribution >= 4 is 0 Å². The third-order valence-electron chi connectivity index (χ3n) is 3.29. The van der Waals surface area contributed by atoms with Gasteiger partial charge in [0.1, 0.15) is 0 Å². The lowest BCUT2D eigenvalue weighted by molar-refractivity contribution is 0.318. The quantitative estimate of drug-likeness (QED) is 0.846. The first-order valence-corrected chi connectivity index (χ1v) is 6.30. The van der Waals surface area contributed by atoms with Gasteiger partial charge in [-0.15, -0.1) is 5.10 Å². The minimum atomic E-state index is 0.0176. The van der Waals surface area contributed by atoms with Crippen molar-refractivity contribution in [3.8, 4) is 0 Å². The maximum Gasteiger partial charge on any atom is 0.0967 e. The summed E-state index contributed by atoms with van der Waals surface area (Å²) in [5, 5.41) is 11.8. The van der Waals surface area contributed by atoms with Crippen molar-refractivity contribution < 1.29 is 0 Å². The van der Waals surface area contributed by atoms with Crippen LogP contribution < -0.4 is 5.32 Å². The van der Waals surface area contributed by atoms with E-state index in [1.807, 2.05) is 11.7 Å². The van der Waals surface area contributed by atoms with Gasteiger partial charge in [0.05, 0.1) is 17.4 Å². The van der Waals surface area contributed by atoms with Crippen LogP contribution in [0.15, 0.2) is 6.20 Å². The molecule has 1 fully saturated rings. The van der Waals surface area contributed by atoms with E-state index in [4.69, 9.17) is 0 Å². The molecule has 0 radical (unpaired) electrons. The van der Waals surface area contributed by atoms with Gasteiger partial charge in [-0.1, -0.05) is 5.21 Å². The summed E-state index contributed by atoms with van der Waals surface area (Å²) >= 11 is 0. The second-order valence-corrected chi connectivity index (χ2v) is 5.83. The molecule has 1 unspecified atom stereocenters. The predicted octanol–water partition coefficient (Wildman–Crippen LogP) is 0.827. The Balaban J connectivity index is 1.94. The maximum absolute atomic E-state index is 4.25. The zero-order valence-corrected chi connectivity index (χ0v) is 11.3. The van der Waals surface area contributed by atoms with Crippen LogP contribution in [0.4, 0.5) is 0 Å². The number of likely N-dealkylation sites (tertiary alicyclic amines) is 1. The predicted molar refractivity (Wildman–Crippen MR) is 67.8 cm³/mol. The Hall–Kier alpha value is -0.940. The summed E-state index contributed by atoms with van der Waals surface area (Å²) in [6.45, 7) is 9.58. The molecule has 2 rings (SSSR count). The van der Waals surface area contributed by atoms with Crippen LogP contribution in [0, 0.1) is 0 Å². The summed E-state index contributed by atoms with van der Waals surface area (Å²) in [4.78, 5) is 2.43. The molecule has 1 aliphatic rings. The van der Waals surface area contributed by atoms with Crippen LogP contribution in [0.5, 0.6) is 0 Å². The molecule has 0 aromatic carbocycles. The van der Waals surface area contributed by atoms with Crippen molar-refractivity contribution in [2.75, 3.05) is 20.1 Å². The highest BCUT2D eigenvalue weighted by atomic mass is 15.4. The van der Waals surface area contributed by atoms with Crippen LogP contribution in [0.1, 0.15) is 32.9 Å². The van der Waals surface area contributed by atoms with E-state index in [1.54, 1.807) is 0 Å². The van der Waals surface area contributed by atoms with Crippen molar-refractivity contribution in [1.82, 2.24) is 25.2 Å². The van der Waals surface area contributed by atoms with E-state index in [2.05, 4.69) is 47.5 Å². The van der Waals surface area contributed by atoms with E-state index in [-0.39, 0.29) is 5.54 Å². The number of nitrogens with zero attached hydrogens (tertiary/aromatic N) is 4. The van der Waals surface area contributed by atoms with Crippen LogP contribution in [0.25, 0.3) is 0 Å². The molecule has 1 atom stereocenters. The average Bonchev–Trinajstić information content (AvgIpc) is 2.86. The molecule has 1 aromatic rings. The highest BCUT2D eigenvalue weighted by Crippen LogP contribution is 2.15. The van der Waals surface area contributed by atoms with Crippen molar-refractivity contribution in [3.63, 3.8) is 0 Å². The lowest BCUT2D eigenvalue weighted by atomic mass is 10.1. The van der Waals surface area contributed by atoms with Crippen molar-refractivity contribution in [1.29, 1.82) is 0 Å². The second-order valence-electron chi connectivity index (χ2n) is 5.83. The fourth-order valence-corrected chi connectivity index (χ4v) is 2.14. The fourth-order valence-electron chi connectivity index (χ4n) is 2.14. The van der Waals surface area contributed by atoms with Gasteiger partial charge in [-0.25, -0.2) is 4.68 Å². The topological polar surface area (TPSA) is 46.0 Å². The third-order valence-corrected chi connectivity index (χ3v) is 3.29. The molecule has 0 saturated carbocycles. The van der Waals surface area contributed by atoms with Crippen LogP contribution in [0.3, 0.4) is 0 Å². The first-order chi connectivity index (χ1) is 7.99. The molecule has 0 spiro atoms. The van der Waals surface area contributed by atoms with Crippen LogP contribution in [-0.4, -0.2) is 46.1 Å². The molecule has 1 aromatic heterocycles. The highest BCUT2D eigenvalue weighted by Gasteiger charge is 2.22. The van der Waals surface area contributed by atoms with E-state index in [0.29, 0.717) is 6.04 Å². The summed E-state index contributed by atoms with van der Waals surface area (Å²) in [5.41, 5.74) is 1.08. The van der Waals surface area contributed by atoms with Crippen molar-refractivity contribution in [2.24, 2.45) is 0 Å². The van der Waals surface area contributed by atoms with E-state index in [9.17, 15) is 0 Å². The summed E-state index contributed by atoms with van der Waals surface area (Å²) < 4.78 is 1.94. The molecular weight excluding hydrogens is 214 g/mol. The van der Waals surface area contributed by atoms with E-state index in [0.717, 1.165) is 25.3 Å².